The molecular weight excluding hydrogens is 307 g/mol. The van der Waals surface area contributed by atoms with Crippen LogP contribution in [0.1, 0.15) is 30.0 Å². The molecule has 1 atom stereocenters. The Labute approximate surface area is 141 Å². The molecule has 1 heterocycles. The number of benzene rings is 1. The lowest BCUT2D eigenvalue weighted by atomic mass is 10.0. The fourth-order valence-corrected chi connectivity index (χ4v) is 3.02. The molecular formula is C18H23FN4O. The first kappa shape index (κ1) is 16.6. The Morgan fingerprint density at radius 1 is 1.42 bits per heavy atom. The number of aryl methyl sites for hydroxylation is 1. The van der Waals surface area contributed by atoms with Gasteiger partial charge in [0.05, 0.1) is 6.20 Å². The molecule has 1 aromatic heterocycles. The number of hydrogen-bond donors (Lipinski definition) is 0. The van der Waals surface area contributed by atoms with Crippen LogP contribution in [0.25, 0.3) is 0 Å². The van der Waals surface area contributed by atoms with E-state index in [1.165, 1.54) is 12.1 Å². The van der Waals surface area contributed by atoms with Crippen LogP contribution in [0.15, 0.2) is 36.7 Å². The van der Waals surface area contributed by atoms with Crippen molar-refractivity contribution in [3.8, 4) is 0 Å². The highest BCUT2D eigenvalue weighted by atomic mass is 19.1. The number of aromatic nitrogens is 2. The van der Waals surface area contributed by atoms with Crippen molar-refractivity contribution in [2.75, 3.05) is 14.1 Å². The summed E-state index contributed by atoms with van der Waals surface area (Å²) < 4.78 is 15.4. The number of hydrogen-bond acceptors (Lipinski definition) is 3. The molecule has 0 saturated heterocycles. The monoisotopic (exact) mass is 330 g/mol. The zero-order valence-corrected chi connectivity index (χ0v) is 14.3. The highest BCUT2D eigenvalue weighted by Crippen LogP contribution is 2.32. The van der Waals surface area contributed by atoms with Crippen LogP contribution in [0.5, 0.6) is 0 Å². The summed E-state index contributed by atoms with van der Waals surface area (Å²) >= 11 is 0. The summed E-state index contributed by atoms with van der Waals surface area (Å²) in [6, 6.07) is 6.08. The van der Waals surface area contributed by atoms with Crippen molar-refractivity contribution >= 4 is 5.91 Å². The highest BCUT2D eigenvalue weighted by molar-refractivity contribution is 5.83. The summed E-state index contributed by atoms with van der Waals surface area (Å²) in [6.45, 7) is 0.539. The van der Waals surface area contributed by atoms with Gasteiger partial charge in [-0.05, 0) is 44.6 Å². The van der Waals surface area contributed by atoms with E-state index in [0.717, 1.165) is 18.4 Å². The standard InChI is InChI=1S/C18H23FN4O/c1-21(2)17(14-5-4-6-15(19)9-14)18(24)23(16-7-8-16)12-13-10-20-22(3)11-13/h4-6,9-11,16-17H,7-8,12H2,1-3H3/t17-/m0/s1. The van der Waals surface area contributed by atoms with Crippen LogP contribution < -0.4 is 0 Å². The van der Waals surface area contributed by atoms with Gasteiger partial charge >= 0.3 is 0 Å². The van der Waals surface area contributed by atoms with Gasteiger partial charge in [0.25, 0.3) is 0 Å². The normalized spacial score (nSPS) is 15.5. The summed E-state index contributed by atoms with van der Waals surface area (Å²) in [5.74, 6) is -0.311. The molecule has 1 aromatic carbocycles. The Balaban J connectivity index is 1.86. The van der Waals surface area contributed by atoms with E-state index in [-0.39, 0.29) is 17.8 Å². The van der Waals surface area contributed by atoms with Crippen LogP contribution in [-0.2, 0) is 18.4 Å². The van der Waals surface area contributed by atoms with E-state index in [2.05, 4.69) is 5.10 Å². The van der Waals surface area contributed by atoms with Crippen LogP contribution in [-0.4, -0.2) is 45.6 Å². The van der Waals surface area contributed by atoms with Gasteiger partial charge in [-0.2, -0.15) is 5.10 Å². The number of likely N-dealkylation sites (N-methyl/N-ethyl adjacent to an activating group) is 1. The van der Waals surface area contributed by atoms with Gasteiger partial charge in [-0.1, -0.05) is 12.1 Å². The van der Waals surface area contributed by atoms with Gasteiger partial charge in [-0.3, -0.25) is 14.4 Å². The van der Waals surface area contributed by atoms with E-state index in [4.69, 9.17) is 0 Å². The maximum absolute atomic E-state index is 13.6. The molecule has 6 heteroatoms. The average molecular weight is 330 g/mol. The summed E-state index contributed by atoms with van der Waals surface area (Å²) in [5.41, 5.74) is 1.69. The molecule has 5 nitrogen and oxygen atoms in total. The number of amides is 1. The minimum absolute atomic E-state index is 0.0111. The number of carbonyl (C=O) groups is 1. The van der Waals surface area contributed by atoms with E-state index in [0.29, 0.717) is 12.1 Å². The van der Waals surface area contributed by atoms with Crippen molar-refractivity contribution in [1.29, 1.82) is 0 Å². The van der Waals surface area contributed by atoms with Crippen LogP contribution in [0.4, 0.5) is 4.39 Å². The van der Waals surface area contributed by atoms with Crippen molar-refractivity contribution in [1.82, 2.24) is 19.6 Å². The van der Waals surface area contributed by atoms with Crippen LogP contribution in [0, 0.1) is 5.82 Å². The largest absolute Gasteiger partial charge is 0.334 e. The highest BCUT2D eigenvalue weighted by Gasteiger charge is 2.37. The fourth-order valence-electron chi connectivity index (χ4n) is 3.02. The third-order valence-corrected chi connectivity index (χ3v) is 4.30. The van der Waals surface area contributed by atoms with Gasteiger partial charge < -0.3 is 4.90 Å². The second kappa shape index (κ2) is 6.73. The summed E-state index contributed by atoms with van der Waals surface area (Å²) in [5, 5.41) is 4.18. The molecule has 1 amide bonds. The predicted octanol–water partition coefficient (Wildman–Crippen LogP) is 2.35. The van der Waals surface area contributed by atoms with Crippen LogP contribution in [0.3, 0.4) is 0 Å². The molecule has 128 valence electrons. The lowest BCUT2D eigenvalue weighted by molar-refractivity contribution is -0.137. The second-order valence-electron chi connectivity index (χ2n) is 6.64. The number of carbonyl (C=O) groups excluding carboxylic acids is 1. The van der Waals surface area contributed by atoms with Crippen molar-refractivity contribution in [3.05, 3.63) is 53.6 Å². The Bertz CT molecular complexity index is 723. The Kier molecular flexibility index (Phi) is 4.66. The molecule has 3 rings (SSSR count). The summed E-state index contributed by atoms with van der Waals surface area (Å²) in [6.07, 6.45) is 5.76. The van der Waals surface area contributed by atoms with Crippen LogP contribution >= 0.6 is 0 Å². The minimum Gasteiger partial charge on any atom is -0.334 e. The van der Waals surface area contributed by atoms with Crippen molar-refractivity contribution in [3.63, 3.8) is 0 Å². The molecule has 1 fully saturated rings. The van der Waals surface area contributed by atoms with E-state index in [1.807, 2.05) is 37.1 Å². The predicted molar refractivity (Wildman–Crippen MR) is 89.6 cm³/mol. The van der Waals surface area contributed by atoms with E-state index in [1.54, 1.807) is 23.0 Å². The van der Waals surface area contributed by atoms with E-state index < -0.39 is 6.04 Å². The smallest absolute Gasteiger partial charge is 0.245 e. The minimum atomic E-state index is -0.488. The molecule has 2 aromatic rings. The number of nitrogens with zero attached hydrogens (tertiary/aromatic N) is 4. The molecule has 1 aliphatic rings. The van der Waals surface area contributed by atoms with Gasteiger partial charge in [0.2, 0.25) is 5.91 Å². The van der Waals surface area contributed by atoms with Gasteiger partial charge in [0.1, 0.15) is 11.9 Å². The first-order valence-corrected chi connectivity index (χ1v) is 8.15. The number of halogens is 1. The van der Waals surface area contributed by atoms with Gasteiger partial charge in [-0.25, -0.2) is 4.39 Å². The van der Waals surface area contributed by atoms with Gasteiger partial charge in [-0.15, -0.1) is 0 Å². The molecule has 1 saturated carbocycles. The van der Waals surface area contributed by atoms with Crippen LogP contribution in [0.2, 0.25) is 0 Å². The Morgan fingerprint density at radius 2 is 2.17 bits per heavy atom. The molecule has 0 spiro atoms. The third-order valence-electron chi connectivity index (χ3n) is 4.30. The van der Waals surface area contributed by atoms with Crippen molar-refractivity contribution in [2.24, 2.45) is 7.05 Å². The van der Waals surface area contributed by atoms with Gasteiger partial charge in [0.15, 0.2) is 0 Å². The van der Waals surface area contributed by atoms with Crippen molar-refractivity contribution < 1.29 is 9.18 Å². The van der Waals surface area contributed by atoms with Gasteiger partial charge in [0, 0.05) is 31.4 Å². The molecule has 0 N–H and O–H groups in total. The summed E-state index contributed by atoms with van der Waals surface area (Å²) in [7, 11) is 5.56. The SMILES string of the molecule is CN(C)[C@H](C(=O)N(Cc1cnn(C)c1)C1CC1)c1cccc(F)c1. The maximum Gasteiger partial charge on any atom is 0.245 e. The number of rotatable bonds is 6. The van der Waals surface area contributed by atoms with Crippen molar-refractivity contribution in [2.45, 2.75) is 31.5 Å². The average Bonchev–Trinajstić information content (AvgIpc) is 3.27. The lowest BCUT2D eigenvalue weighted by Gasteiger charge is -2.31. The van der Waals surface area contributed by atoms with E-state index in [9.17, 15) is 9.18 Å². The second-order valence-corrected chi connectivity index (χ2v) is 6.64. The fraction of sp³-hybridized carbons (Fsp3) is 0.444. The topological polar surface area (TPSA) is 41.4 Å². The molecule has 0 aliphatic heterocycles. The Morgan fingerprint density at radius 3 is 2.71 bits per heavy atom. The quantitative estimate of drug-likeness (QED) is 0.816. The lowest BCUT2D eigenvalue weighted by Crippen LogP contribution is -2.41. The van der Waals surface area contributed by atoms with E-state index >= 15 is 0 Å². The zero-order chi connectivity index (χ0) is 17.3. The molecule has 0 radical (unpaired) electrons. The summed E-state index contributed by atoms with van der Waals surface area (Å²) in [4.78, 5) is 17.0. The third kappa shape index (κ3) is 3.64. The zero-order valence-electron chi connectivity index (χ0n) is 14.3. The molecule has 1 aliphatic carbocycles. The molecule has 0 bridgehead atoms. The maximum atomic E-state index is 13.6. The molecule has 0 unspecified atom stereocenters. The Hall–Kier alpha value is -2.21. The first-order valence-electron chi connectivity index (χ1n) is 8.15. The molecule has 24 heavy (non-hydrogen) atoms. The first-order chi connectivity index (χ1) is 11.5.